The summed E-state index contributed by atoms with van der Waals surface area (Å²) in [6.07, 6.45) is 1.18. The molecule has 1 aromatic carbocycles. The zero-order valence-electron chi connectivity index (χ0n) is 13.1. The maximum Gasteiger partial charge on any atom is 0.0753 e. The van der Waals surface area contributed by atoms with E-state index in [-0.39, 0.29) is 5.60 Å². The summed E-state index contributed by atoms with van der Waals surface area (Å²) < 4.78 is 5.85. The average Bonchev–Trinajstić information content (AvgIpc) is 2.43. The second-order valence-corrected chi connectivity index (χ2v) is 6.21. The fourth-order valence-electron chi connectivity index (χ4n) is 2.87. The van der Waals surface area contributed by atoms with Crippen LogP contribution in [0, 0.1) is 0 Å². The van der Waals surface area contributed by atoms with Gasteiger partial charge in [-0.05, 0) is 32.4 Å². The highest BCUT2D eigenvalue weighted by Gasteiger charge is 2.31. The zero-order valence-corrected chi connectivity index (χ0v) is 13.1. The lowest BCUT2D eigenvalue weighted by atomic mass is 10.0. The van der Waals surface area contributed by atoms with Crippen LogP contribution in [0.1, 0.15) is 38.8 Å². The molecule has 1 aliphatic rings. The van der Waals surface area contributed by atoms with Crippen molar-refractivity contribution in [3.8, 4) is 0 Å². The summed E-state index contributed by atoms with van der Waals surface area (Å²) in [4.78, 5) is 2.56. The van der Waals surface area contributed by atoms with Crippen LogP contribution in [0.25, 0.3) is 0 Å². The van der Waals surface area contributed by atoms with E-state index in [1.165, 1.54) is 12.0 Å². The highest BCUT2D eigenvalue weighted by atomic mass is 16.5. The first-order chi connectivity index (χ1) is 9.62. The van der Waals surface area contributed by atoms with E-state index in [0.717, 1.165) is 32.8 Å². The van der Waals surface area contributed by atoms with Crippen LogP contribution in [0.3, 0.4) is 0 Å². The molecule has 0 aromatic heterocycles. The van der Waals surface area contributed by atoms with Crippen molar-refractivity contribution in [2.24, 2.45) is 0 Å². The molecule has 0 radical (unpaired) electrons. The fraction of sp³-hybridized carbons (Fsp3) is 0.647. The van der Waals surface area contributed by atoms with Gasteiger partial charge in [0.15, 0.2) is 0 Å². The molecule has 1 atom stereocenters. The van der Waals surface area contributed by atoms with Gasteiger partial charge in [-0.15, -0.1) is 0 Å². The monoisotopic (exact) mass is 276 g/mol. The molecule has 0 spiro atoms. The number of nitrogens with zero attached hydrogens (tertiary/aromatic N) is 1. The Balaban J connectivity index is 2.09. The Bertz CT molecular complexity index is 391. The van der Waals surface area contributed by atoms with E-state index in [1.54, 1.807) is 0 Å². The normalized spacial score (nSPS) is 20.8. The molecule has 20 heavy (non-hydrogen) atoms. The molecule has 0 saturated carbocycles. The van der Waals surface area contributed by atoms with E-state index >= 15 is 0 Å². The molecular weight excluding hydrogens is 248 g/mol. The largest absolute Gasteiger partial charge is 0.373 e. The fourth-order valence-corrected chi connectivity index (χ4v) is 2.87. The average molecular weight is 276 g/mol. The molecule has 3 nitrogen and oxygen atoms in total. The molecule has 3 heteroatoms. The number of benzene rings is 1. The predicted octanol–water partition coefficient (Wildman–Crippen LogP) is 2.84. The number of hydrogen-bond donors (Lipinski definition) is 1. The van der Waals surface area contributed by atoms with Crippen LogP contribution in [-0.4, -0.2) is 43.3 Å². The predicted molar refractivity (Wildman–Crippen MR) is 83.9 cm³/mol. The van der Waals surface area contributed by atoms with Gasteiger partial charge in [0.2, 0.25) is 0 Å². The van der Waals surface area contributed by atoms with E-state index < -0.39 is 0 Å². The van der Waals surface area contributed by atoms with Crippen molar-refractivity contribution in [1.29, 1.82) is 0 Å². The van der Waals surface area contributed by atoms with E-state index in [2.05, 4.69) is 61.3 Å². The Morgan fingerprint density at radius 1 is 1.30 bits per heavy atom. The van der Waals surface area contributed by atoms with Gasteiger partial charge in [-0.25, -0.2) is 0 Å². The molecule has 2 rings (SSSR count). The molecule has 1 aromatic rings. The van der Waals surface area contributed by atoms with Gasteiger partial charge >= 0.3 is 0 Å². The number of rotatable bonds is 6. The Hall–Kier alpha value is -0.900. The van der Waals surface area contributed by atoms with Crippen molar-refractivity contribution in [3.05, 3.63) is 35.9 Å². The topological polar surface area (TPSA) is 24.5 Å². The van der Waals surface area contributed by atoms with Gasteiger partial charge in [0.1, 0.15) is 0 Å². The maximum absolute atomic E-state index is 5.85. The summed E-state index contributed by atoms with van der Waals surface area (Å²) >= 11 is 0. The van der Waals surface area contributed by atoms with Crippen LogP contribution in [0.5, 0.6) is 0 Å². The van der Waals surface area contributed by atoms with Gasteiger partial charge in [0, 0.05) is 25.7 Å². The number of hydrogen-bond acceptors (Lipinski definition) is 3. The third-order valence-electron chi connectivity index (χ3n) is 3.84. The van der Waals surface area contributed by atoms with Gasteiger partial charge < -0.3 is 10.1 Å². The highest BCUT2D eigenvalue weighted by Crippen LogP contribution is 2.26. The van der Waals surface area contributed by atoms with Crippen LogP contribution in [0.2, 0.25) is 0 Å². The third-order valence-corrected chi connectivity index (χ3v) is 3.84. The summed E-state index contributed by atoms with van der Waals surface area (Å²) in [6.45, 7) is 11.5. The van der Waals surface area contributed by atoms with Gasteiger partial charge in [-0.3, -0.25) is 4.90 Å². The maximum atomic E-state index is 5.85. The molecule has 1 fully saturated rings. The first-order valence-electron chi connectivity index (χ1n) is 7.76. The Morgan fingerprint density at radius 3 is 2.70 bits per heavy atom. The summed E-state index contributed by atoms with van der Waals surface area (Å²) in [5.41, 5.74) is 1.35. The van der Waals surface area contributed by atoms with E-state index in [4.69, 9.17) is 4.74 Å². The minimum absolute atomic E-state index is 0.0456. The van der Waals surface area contributed by atoms with E-state index in [9.17, 15) is 0 Å². The summed E-state index contributed by atoms with van der Waals surface area (Å²) in [5, 5.41) is 3.58. The molecule has 0 aliphatic carbocycles. The second kappa shape index (κ2) is 7.21. The van der Waals surface area contributed by atoms with Crippen molar-refractivity contribution in [1.82, 2.24) is 10.2 Å². The van der Waals surface area contributed by atoms with Crippen LogP contribution in [0.4, 0.5) is 0 Å². The van der Waals surface area contributed by atoms with Crippen molar-refractivity contribution >= 4 is 0 Å². The number of ether oxygens (including phenoxy) is 1. The summed E-state index contributed by atoms with van der Waals surface area (Å²) in [5.74, 6) is 0. The van der Waals surface area contributed by atoms with Crippen LogP contribution in [0.15, 0.2) is 30.3 Å². The number of morpholine rings is 1. The molecule has 1 unspecified atom stereocenters. The Labute approximate surface area is 123 Å². The minimum Gasteiger partial charge on any atom is -0.373 e. The van der Waals surface area contributed by atoms with Gasteiger partial charge in [-0.2, -0.15) is 0 Å². The van der Waals surface area contributed by atoms with E-state index in [1.807, 2.05) is 0 Å². The quantitative estimate of drug-likeness (QED) is 0.809. The lowest BCUT2D eigenvalue weighted by Crippen LogP contribution is -2.51. The lowest BCUT2D eigenvalue weighted by molar-refractivity contribution is -0.0974. The molecule has 1 N–H and O–H groups in total. The first kappa shape index (κ1) is 15.5. The minimum atomic E-state index is -0.0456. The van der Waals surface area contributed by atoms with Crippen LogP contribution < -0.4 is 5.32 Å². The first-order valence-corrected chi connectivity index (χ1v) is 7.76. The Morgan fingerprint density at radius 2 is 2.05 bits per heavy atom. The molecule has 0 amide bonds. The standard InChI is InChI=1S/C17H28N2O/c1-4-10-18-13-16(15-8-6-5-7-9-15)19-11-12-20-17(2,3)14-19/h5-9,16,18H,4,10-14H2,1-3H3. The second-order valence-electron chi connectivity index (χ2n) is 6.21. The Kier molecular flexibility index (Phi) is 5.58. The van der Waals surface area contributed by atoms with Gasteiger partial charge in [-0.1, -0.05) is 37.3 Å². The SMILES string of the molecule is CCCNCC(c1ccccc1)N1CCOC(C)(C)C1. The van der Waals surface area contributed by atoms with Gasteiger partial charge in [0.05, 0.1) is 12.2 Å². The molecule has 0 bridgehead atoms. The molecule has 1 saturated heterocycles. The van der Waals surface area contributed by atoms with Crippen molar-refractivity contribution in [3.63, 3.8) is 0 Å². The summed E-state index contributed by atoms with van der Waals surface area (Å²) in [6, 6.07) is 11.3. The van der Waals surface area contributed by atoms with Crippen LogP contribution >= 0.6 is 0 Å². The highest BCUT2D eigenvalue weighted by molar-refractivity contribution is 5.19. The molecule has 1 aliphatic heterocycles. The van der Waals surface area contributed by atoms with Gasteiger partial charge in [0.25, 0.3) is 0 Å². The molecule has 112 valence electrons. The molecular formula is C17H28N2O. The third kappa shape index (κ3) is 4.30. The van der Waals surface area contributed by atoms with E-state index in [0.29, 0.717) is 6.04 Å². The number of nitrogens with one attached hydrogen (secondary N) is 1. The zero-order chi connectivity index (χ0) is 14.4. The van der Waals surface area contributed by atoms with Crippen molar-refractivity contribution in [2.75, 3.05) is 32.8 Å². The molecule has 1 heterocycles. The smallest absolute Gasteiger partial charge is 0.0753 e. The van der Waals surface area contributed by atoms with Crippen molar-refractivity contribution < 1.29 is 4.74 Å². The van der Waals surface area contributed by atoms with Crippen molar-refractivity contribution in [2.45, 2.75) is 38.8 Å². The summed E-state index contributed by atoms with van der Waals surface area (Å²) in [7, 11) is 0. The lowest BCUT2D eigenvalue weighted by Gasteiger charge is -2.42. The van der Waals surface area contributed by atoms with Crippen LogP contribution in [-0.2, 0) is 4.74 Å².